The Morgan fingerprint density at radius 2 is 0.773 bits per heavy atom. The number of likely N-dealkylation sites (N-methyl/N-ethyl adjacent to an activating group) is 2. The first-order valence-electron chi connectivity index (χ1n) is 42.6. The number of amides is 10. The maximum Gasteiger partial charge on any atom is 0.410 e. The number of rotatable bonds is 34. The highest BCUT2D eigenvalue weighted by Crippen LogP contribution is 2.22. The van der Waals surface area contributed by atoms with Gasteiger partial charge in [-0.3, -0.25) is 53.3 Å². The van der Waals surface area contributed by atoms with E-state index in [1.807, 2.05) is 125 Å². The molecule has 0 spiro atoms. The minimum Gasteiger partial charge on any atom is -0.444 e. The van der Waals surface area contributed by atoms with Crippen molar-refractivity contribution in [2.75, 3.05) is 186 Å². The predicted octanol–water partition coefficient (Wildman–Crippen LogP) is 7.52. The number of carbonyl (C=O) groups excluding carboxylic acids is 10. The first-order valence-corrected chi connectivity index (χ1v) is 42.6. The number of methoxy groups -OCH3 is 2. The molecule has 10 amide bonds. The number of ether oxygens (including phenoxy) is 10. The van der Waals surface area contributed by atoms with Gasteiger partial charge in [-0.1, -0.05) is 35.1 Å². The number of carbonyl (C=O) groups is 10. The van der Waals surface area contributed by atoms with E-state index in [1.54, 1.807) is 76.7 Å². The van der Waals surface area contributed by atoms with E-state index in [-0.39, 0.29) is 79.4 Å². The summed E-state index contributed by atoms with van der Waals surface area (Å²) < 4.78 is 51.9. The van der Waals surface area contributed by atoms with Gasteiger partial charge in [-0.15, -0.1) is 0 Å². The molecule has 4 saturated heterocycles. The predicted molar refractivity (Wildman–Crippen MR) is 470 cm³/mol. The fraction of sp³-hybridized carbons (Fsp3) is 0.881. The van der Waals surface area contributed by atoms with Gasteiger partial charge in [-0.2, -0.15) is 0 Å². The van der Waals surface area contributed by atoms with Crippen LogP contribution in [0.3, 0.4) is 0 Å². The average molecular weight is 1710 g/mol. The smallest absolute Gasteiger partial charge is 0.410 e. The molecule has 704 valence electrons. The highest BCUT2D eigenvalue weighted by Gasteiger charge is 2.37. The first kappa shape index (κ1) is 121. The van der Waals surface area contributed by atoms with E-state index in [2.05, 4.69) is 69.2 Å². The average Bonchev–Trinajstić information content (AvgIpc) is 1.71. The lowest BCUT2D eigenvalue weighted by atomic mass is 10.1. The van der Waals surface area contributed by atoms with Crippen molar-refractivity contribution in [3.8, 4) is 0 Å². The molecule has 0 saturated carbocycles. The van der Waals surface area contributed by atoms with Crippen molar-refractivity contribution in [3.63, 3.8) is 0 Å². The fourth-order valence-corrected chi connectivity index (χ4v) is 10.3. The van der Waals surface area contributed by atoms with Gasteiger partial charge in [0.1, 0.15) is 40.5 Å². The molecule has 0 aromatic heterocycles. The van der Waals surface area contributed by atoms with Crippen LogP contribution in [0.2, 0.25) is 0 Å². The van der Waals surface area contributed by atoms with Crippen LogP contribution in [0.1, 0.15) is 226 Å². The molecule has 4 aliphatic heterocycles. The number of piperazine rings is 1. The summed E-state index contributed by atoms with van der Waals surface area (Å²) >= 11 is 0. The third-order valence-electron chi connectivity index (χ3n) is 16.3. The number of piperidine rings is 2. The van der Waals surface area contributed by atoms with E-state index in [0.717, 1.165) is 84.5 Å². The first-order chi connectivity index (χ1) is 55.0. The summed E-state index contributed by atoms with van der Waals surface area (Å²) in [7, 11) is 6.84. The molecule has 3 atom stereocenters. The zero-order valence-corrected chi connectivity index (χ0v) is 78.8. The van der Waals surface area contributed by atoms with Crippen LogP contribution >= 0.6 is 0 Å². The molecule has 0 aromatic carbocycles. The number of nitrogens with zero attached hydrogens (tertiary/aromatic N) is 6. The summed E-state index contributed by atoms with van der Waals surface area (Å²) in [6, 6.07) is -1.24. The third-order valence-corrected chi connectivity index (χ3v) is 16.3. The molecule has 0 radical (unpaired) electrons. The van der Waals surface area contributed by atoms with Crippen molar-refractivity contribution in [2.45, 2.75) is 303 Å². The van der Waals surface area contributed by atoms with Gasteiger partial charge in [-0.25, -0.2) is 19.2 Å². The van der Waals surface area contributed by atoms with E-state index >= 15 is 0 Å². The third kappa shape index (κ3) is 72.8. The second-order valence-electron chi connectivity index (χ2n) is 33.4. The van der Waals surface area contributed by atoms with Gasteiger partial charge in [-0.05, 0) is 198 Å². The summed E-state index contributed by atoms with van der Waals surface area (Å²) in [5.74, 6) is -0.449. The van der Waals surface area contributed by atoms with Gasteiger partial charge < -0.3 is 101 Å². The Hall–Kier alpha value is -6.54. The van der Waals surface area contributed by atoms with Crippen molar-refractivity contribution in [1.82, 2.24) is 71.9 Å². The van der Waals surface area contributed by atoms with E-state index < -0.39 is 58.8 Å². The van der Waals surface area contributed by atoms with Crippen molar-refractivity contribution < 1.29 is 95.3 Å². The van der Waals surface area contributed by atoms with Crippen molar-refractivity contribution >= 4 is 59.8 Å². The molecule has 4 fully saturated rings. The summed E-state index contributed by atoms with van der Waals surface area (Å²) in [5, 5.41) is 22.1. The number of nitrogens with two attached hydrogens (primary N) is 1. The Labute approximate surface area is 718 Å². The zero-order valence-electron chi connectivity index (χ0n) is 78.8. The van der Waals surface area contributed by atoms with Gasteiger partial charge in [0.25, 0.3) is 0 Å². The Kier molecular flexibility index (Phi) is 70.1. The Morgan fingerprint density at radius 1 is 0.429 bits per heavy atom. The van der Waals surface area contributed by atoms with E-state index in [4.69, 9.17) is 53.1 Å². The molecule has 1 unspecified atom stereocenters. The molecule has 0 aliphatic carbocycles. The highest BCUT2D eigenvalue weighted by atomic mass is 16.6. The Balaban J connectivity index is -0.000000433. The maximum atomic E-state index is 12.0. The monoisotopic (exact) mass is 1710 g/mol. The Morgan fingerprint density at radius 3 is 1.15 bits per heavy atom. The quantitative estimate of drug-likeness (QED) is 0.0222. The minimum absolute atomic E-state index is 0. The molecule has 0 bridgehead atoms. The lowest BCUT2D eigenvalue weighted by Gasteiger charge is -2.32. The van der Waals surface area contributed by atoms with Crippen LogP contribution in [-0.2, 0) is 76.1 Å². The fourth-order valence-electron chi connectivity index (χ4n) is 10.3. The number of nitrogens with one attached hydrogen (secondary N) is 8. The minimum atomic E-state index is -0.645. The van der Waals surface area contributed by atoms with Crippen LogP contribution < -0.4 is 48.3 Å². The number of likely N-dealkylation sites (tertiary alicyclic amines) is 3. The van der Waals surface area contributed by atoms with Gasteiger partial charge in [0.2, 0.25) is 35.4 Å². The van der Waals surface area contributed by atoms with E-state index in [0.29, 0.717) is 118 Å². The molecule has 4 rings (SSSR count). The van der Waals surface area contributed by atoms with Gasteiger partial charge >= 0.3 is 24.4 Å². The molecule has 35 nitrogen and oxygen atoms in total. The SMILES string of the molecule is C.CC.CC.CC(C)OCCNC(=O)CN1CCC(N)CC1.CC(C)OCCNC(=O)CN1CCN(C)CC1.CC(C)OCCNC(=O)[C@H](C)N(C)C(=O)OC(C)(C)C.CC(C)OCCNC(=O)[C@H](C)NC(=O)OC(C)(C)C.COCCNC(=O)C1CCCN1C(=O)OC(C)(C)C.COCCNC(=O)CN1CCC(NC(=O)OC(C)(C)C)CC1. The highest BCUT2D eigenvalue weighted by molar-refractivity contribution is 5.87. The summed E-state index contributed by atoms with van der Waals surface area (Å²) in [6.45, 7) is 64.0. The molecule has 119 heavy (non-hydrogen) atoms. The topological polar surface area (TPSA) is 405 Å². The second-order valence-corrected chi connectivity index (χ2v) is 33.4. The molecule has 0 aromatic rings. The molecule has 4 heterocycles. The van der Waals surface area contributed by atoms with E-state index in [1.165, 1.54) is 9.80 Å². The van der Waals surface area contributed by atoms with E-state index in [9.17, 15) is 47.9 Å². The van der Waals surface area contributed by atoms with Gasteiger partial charge in [0.05, 0.1) is 83.7 Å². The second kappa shape index (κ2) is 68.9. The number of hydrogen-bond acceptors (Lipinski definition) is 25. The van der Waals surface area contributed by atoms with Gasteiger partial charge in [0.15, 0.2) is 0 Å². The van der Waals surface area contributed by atoms with Crippen LogP contribution in [0.5, 0.6) is 0 Å². The van der Waals surface area contributed by atoms with Crippen LogP contribution in [0, 0.1) is 0 Å². The van der Waals surface area contributed by atoms with Crippen LogP contribution in [0.25, 0.3) is 0 Å². The van der Waals surface area contributed by atoms with Crippen LogP contribution in [0.4, 0.5) is 19.2 Å². The van der Waals surface area contributed by atoms with Crippen molar-refractivity contribution in [3.05, 3.63) is 0 Å². The molecule has 35 heteroatoms. The maximum absolute atomic E-state index is 12.0. The van der Waals surface area contributed by atoms with Crippen LogP contribution in [0.15, 0.2) is 0 Å². The lowest BCUT2D eigenvalue weighted by molar-refractivity contribution is -0.126. The summed E-state index contributed by atoms with van der Waals surface area (Å²) in [6.07, 6.45) is 3.93. The lowest BCUT2D eigenvalue weighted by Crippen LogP contribution is -2.48. The molecule has 10 N–H and O–H groups in total. The molecule has 4 aliphatic rings. The molecular formula is C84H173N15O20. The van der Waals surface area contributed by atoms with Crippen molar-refractivity contribution in [1.29, 1.82) is 0 Å². The van der Waals surface area contributed by atoms with Crippen LogP contribution in [-0.4, -0.2) is 352 Å². The number of alkyl carbamates (subject to hydrolysis) is 2. The van der Waals surface area contributed by atoms with Crippen molar-refractivity contribution in [2.24, 2.45) is 5.73 Å². The zero-order chi connectivity index (χ0) is 91.4. The largest absolute Gasteiger partial charge is 0.444 e. The Bertz CT molecular complexity index is 2620. The standard InChI is InChI=1S/C15H29N3O4.C14H28N2O4.C13H24N2O4.C13H26N2O4.2C12H25N3O2.2C2H6.CH4/c1-15(2,3)22-14(20)17-12-5-8-18(9-6-12)11-13(19)16-7-10-21-4;1-10(2)19-9-8-15-12(17)11(3)16(7)13(18)20-14(4,5)6;1-13(2,3)19-12(17)15-8-5-6-10(15)11(16)14-7-9-18-4;1-9(2)18-8-7-14-11(16)10(3)15-12(17)19-13(4,5)6;1-11(2)17-9-4-13-12(16)10-15-7-5-14(3)6-8-15;1-10(2)17-8-5-14-12(16)9-15-6-3-11(13)4-7-15;2*1-2;/h12H,5-11H2,1-4H3,(H,16,19)(H,17,20);10-11H,8-9H2,1-7H3,(H,15,17);10H,5-9H2,1-4H3,(H,14,16);9-10H,7-8H2,1-6H3,(H,14,16)(H,15,17);11H,4-10H2,1-3H3,(H,13,16);10-11H,3-9,13H2,1-2H3,(H,14,16);2*1-2H3;1H4/t;11-;;10-;;;;;/m.0.0...../s1. The summed E-state index contributed by atoms with van der Waals surface area (Å²) in [5.41, 5.74) is 3.63. The normalized spacial score (nSPS) is 15.9. The molecular weight excluding hydrogens is 1540 g/mol. The summed E-state index contributed by atoms with van der Waals surface area (Å²) in [4.78, 5) is 129. The number of hydrogen-bond donors (Lipinski definition) is 9. The van der Waals surface area contributed by atoms with Gasteiger partial charge in [0, 0.05) is 132 Å².